The van der Waals surface area contributed by atoms with Crippen LogP contribution in [0.2, 0.25) is 0 Å². The van der Waals surface area contributed by atoms with Gasteiger partial charge in [-0.1, -0.05) is 12.1 Å². The molecule has 3 amide bonds. The molecule has 2 aliphatic rings. The number of primary amides is 1. The average Bonchev–Trinajstić information content (AvgIpc) is 2.47. The van der Waals surface area contributed by atoms with Crippen LogP contribution in [0.25, 0.3) is 0 Å². The van der Waals surface area contributed by atoms with Crippen molar-refractivity contribution in [3.8, 4) is 0 Å². The maximum Gasteiger partial charge on any atom is 0.314 e. The van der Waals surface area contributed by atoms with E-state index >= 15 is 0 Å². The number of anilines is 1. The Morgan fingerprint density at radius 3 is 2.70 bits per heavy atom. The molecule has 2 heterocycles. The lowest BCUT2D eigenvalue weighted by molar-refractivity contribution is -0.116. The number of fused-ring (bicyclic) bond motifs is 1. The van der Waals surface area contributed by atoms with Gasteiger partial charge in [0.2, 0.25) is 5.91 Å². The van der Waals surface area contributed by atoms with Crippen molar-refractivity contribution in [1.82, 2.24) is 4.90 Å². The number of nitrogens with zero attached hydrogens (tertiary/aromatic N) is 1. The Labute approximate surface area is 118 Å². The monoisotopic (exact) mass is 273 g/mol. The second-order valence-corrected chi connectivity index (χ2v) is 5.56. The minimum absolute atomic E-state index is 0.0972. The normalized spacial score (nSPS) is 19.4. The number of amides is 3. The van der Waals surface area contributed by atoms with E-state index in [4.69, 9.17) is 5.73 Å². The molecule has 0 saturated carbocycles. The molecule has 0 unspecified atom stereocenters. The summed E-state index contributed by atoms with van der Waals surface area (Å²) in [7, 11) is 0. The van der Waals surface area contributed by atoms with Gasteiger partial charge in [-0.05, 0) is 42.4 Å². The first-order chi connectivity index (χ1) is 9.63. The summed E-state index contributed by atoms with van der Waals surface area (Å²) >= 11 is 0. The van der Waals surface area contributed by atoms with E-state index in [9.17, 15) is 9.59 Å². The van der Waals surface area contributed by atoms with Crippen molar-refractivity contribution in [2.24, 2.45) is 5.73 Å². The van der Waals surface area contributed by atoms with Gasteiger partial charge in [0.05, 0.1) is 0 Å². The first kappa shape index (κ1) is 13.0. The highest BCUT2D eigenvalue weighted by molar-refractivity contribution is 5.93. The number of hydrogen-bond acceptors (Lipinski definition) is 2. The summed E-state index contributed by atoms with van der Waals surface area (Å²) in [6, 6.07) is 5.98. The first-order valence-corrected chi connectivity index (χ1v) is 7.10. The van der Waals surface area contributed by atoms with E-state index in [2.05, 4.69) is 17.4 Å². The van der Waals surface area contributed by atoms with Gasteiger partial charge in [-0.25, -0.2) is 4.79 Å². The number of benzene rings is 1. The molecule has 20 heavy (non-hydrogen) atoms. The fraction of sp³-hybridized carbons (Fsp3) is 0.467. The van der Waals surface area contributed by atoms with Gasteiger partial charge in [-0.15, -0.1) is 0 Å². The lowest BCUT2D eigenvalue weighted by atomic mass is 9.87. The van der Waals surface area contributed by atoms with E-state index in [1.165, 1.54) is 11.1 Å². The van der Waals surface area contributed by atoms with Gasteiger partial charge in [0.15, 0.2) is 0 Å². The van der Waals surface area contributed by atoms with Gasteiger partial charge in [0, 0.05) is 25.2 Å². The molecule has 3 rings (SSSR count). The second kappa shape index (κ2) is 5.15. The zero-order valence-electron chi connectivity index (χ0n) is 11.4. The highest BCUT2D eigenvalue weighted by Gasteiger charge is 2.23. The van der Waals surface area contributed by atoms with E-state index in [1.807, 2.05) is 6.07 Å². The smallest absolute Gasteiger partial charge is 0.314 e. The highest BCUT2D eigenvalue weighted by atomic mass is 16.2. The van der Waals surface area contributed by atoms with Crippen molar-refractivity contribution in [3.05, 3.63) is 29.3 Å². The number of aryl methyl sites for hydroxylation is 1. The van der Waals surface area contributed by atoms with Crippen molar-refractivity contribution in [3.63, 3.8) is 0 Å². The zero-order valence-corrected chi connectivity index (χ0v) is 11.4. The number of likely N-dealkylation sites (tertiary alicyclic amines) is 1. The fourth-order valence-corrected chi connectivity index (χ4v) is 3.09. The molecule has 2 aliphatic heterocycles. The molecule has 0 spiro atoms. The molecule has 3 N–H and O–H groups in total. The molecule has 0 aliphatic carbocycles. The molecule has 5 heteroatoms. The molecule has 1 aromatic rings. The summed E-state index contributed by atoms with van der Waals surface area (Å²) in [6.45, 7) is 1.46. The van der Waals surface area contributed by atoms with Gasteiger partial charge in [0.25, 0.3) is 0 Å². The molecule has 106 valence electrons. The number of urea groups is 1. The second-order valence-electron chi connectivity index (χ2n) is 5.56. The van der Waals surface area contributed by atoms with E-state index in [-0.39, 0.29) is 11.9 Å². The maximum absolute atomic E-state index is 11.4. The molecule has 0 aromatic heterocycles. The molecule has 0 radical (unpaired) electrons. The van der Waals surface area contributed by atoms with Gasteiger partial charge in [-0.2, -0.15) is 0 Å². The Morgan fingerprint density at radius 1 is 1.25 bits per heavy atom. The van der Waals surface area contributed by atoms with Crippen LogP contribution in [0.4, 0.5) is 10.5 Å². The van der Waals surface area contributed by atoms with Crippen LogP contribution in [-0.4, -0.2) is 29.9 Å². The number of hydrogen-bond donors (Lipinski definition) is 2. The standard InChI is InChI=1S/C15H19N3O2/c16-15(20)18-7-5-10(6-8-18)11-1-3-13-12(9-11)2-4-14(19)17-13/h1,3,9-10H,2,4-8H2,(H2,16,20)(H,17,19). The largest absolute Gasteiger partial charge is 0.351 e. The Bertz CT molecular complexity index is 548. The Kier molecular flexibility index (Phi) is 3.34. The van der Waals surface area contributed by atoms with Crippen LogP contribution < -0.4 is 11.1 Å². The van der Waals surface area contributed by atoms with Crippen molar-refractivity contribution < 1.29 is 9.59 Å². The van der Waals surface area contributed by atoms with E-state index in [1.54, 1.807) is 4.90 Å². The summed E-state index contributed by atoms with van der Waals surface area (Å²) in [4.78, 5) is 24.2. The van der Waals surface area contributed by atoms with Crippen molar-refractivity contribution >= 4 is 17.6 Å². The first-order valence-electron chi connectivity index (χ1n) is 7.10. The summed E-state index contributed by atoms with van der Waals surface area (Å²) in [5, 5.41) is 2.90. The highest BCUT2D eigenvalue weighted by Crippen LogP contribution is 2.32. The van der Waals surface area contributed by atoms with Crippen LogP contribution in [0, 0.1) is 0 Å². The van der Waals surface area contributed by atoms with E-state index < -0.39 is 0 Å². The zero-order chi connectivity index (χ0) is 14.1. The van der Waals surface area contributed by atoms with Crippen LogP contribution in [0.5, 0.6) is 0 Å². The molecule has 5 nitrogen and oxygen atoms in total. The van der Waals surface area contributed by atoms with E-state index in [0.717, 1.165) is 38.0 Å². The number of carbonyl (C=O) groups is 2. The number of nitrogens with one attached hydrogen (secondary N) is 1. The van der Waals surface area contributed by atoms with Crippen LogP contribution in [0.15, 0.2) is 18.2 Å². The predicted molar refractivity (Wildman–Crippen MR) is 76.5 cm³/mol. The van der Waals surface area contributed by atoms with Crippen LogP contribution in [0.1, 0.15) is 36.3 Å². The quantitative estimate of drug-likeness (QED) is 0.819. The van der Waals surface area contributed by atoms with Crippen molar-refractivity contribution in [1.29, 1.82) is 0 Å². The summed E-state index contributed by atoms with van der Waals surface area (Å²) in [5.74, 6) is 0.577. The third kappa shape index (κ3) is 2.48. The van der Waals surface area contributed by atoms with Gasteiger partial charge >= 0.3 is 6.03 Å². The number of carbonyl (C=O) groups excluding carboxylic acids is 2. The Balaban J connectivity index is 1.73. The molecule has 0 bridgehead atoms. The van der Waals surface area contributed by atoms with Crippen LogP contribution >= 0.6 is 0 Å². The molecule has 1 fully saturated rings. The van der Waals surface area contributed by atoms with Crippen LogP contribution in [0.3, 0.4) is 0 Å². The summed E-state index contributed by atoms with van der Waals surface area (Å²) < 4.78 is 0. The van der Waals surface area contributed by atoms with Gasteiger partial charge in [-0.3, -0.25) is 4.79 Å². The Morgan fingerprint density at radius 2 is 2.00 bits per heavy atom. The van der Waals surface area contributed by atoms with Crippen molar-refractivity contribution in [2.75, 3.05) is 18.4 Å². The summed E-state index contributed by atoms with van der Waals surface area (Å²) in [6.07, 6.45) is 3.29. The minimum Gasteiger partial charge on any atom is -0.351 e. The molecular weight excluding hydrogens is 254 g/mol. The fourth-order valence-electron chi connectivity index (χ4n) is 3.09. The minimum atomic E-state index is -0.323. The molecular formula is C15H19N3O2. The lowest BCUT2D eigenvalue weighted by Crippen LogP contribution is -2.41. The predicted octanol–water partition coefficient (Wildman–Crippen LogP) is 1.83. The van der Waals surface area contributed by atoms with Crippen molar-refractivity contribution in [2.45, 2.75) is 31.6 Å². The SMILES string of the molecule is NC(=O)N1CCC(c2ccc3c(c2)CCC(=O)N3)CC1. The maximum atomic E-state index is 11.4. The topological polar surface area (TPSA) is 75.4 Å². The Hall–Kier alpha value is -2.04. The third-order valence-electron chi connectivity index (χ3n) is 4.30. The summed E-state index contributed by atoms with van der Waals surface area (Å²) in [5.41, 5.74) is 8.78. The van der Waals surface area contributed by atoms with Crippen LogP contribution in [-0.2, 0) is 11.2 Å². The van der Waals surface area contributed by atoms with Gasteiger partial charge in [0.1, 0.15) is 0 Å². The molecule has 1 aromatic carbocycles. The lowest BCUT2D eigenvalue weighted by Gasteiger charge is -2.31. The number of piperidine rings is 1. The van der Waals surface area contributed by atoms with Gasteiger partial charge < -0.3 is 16.0 Å². The molecule has 0 atom stereocenters. The number of rotatable bonds is 1. The number of nitrogens with two attached hydrogens (primary N) is 1. The average molecular weight is 273 g/mol. The van der Waals surface area contributed by atoms with E-state index in [0.29, 0.717) is 12.3 Å². The third-order valence-corrected chi connectivity index (χ3v) is 4.30. The molecule has 1 saturated heterocycles.